The molecule has 1 fully saturated rings. The van der Waals surface area contributed by atoms with Crippen LogP contribution in [0.2, 0.25) is 0 Å². The van der Waals surface area contributed by atoms with Crippen LogP contribution < -0.4 is 5.32 Å². The second-order valence-corrected chi connectivity index (χ2v) is 6.71. The summed E-state index contributed by atoms with van der Waals surface area (Å²) >= 11 is 0. The van der Waals surface area contributed by atoms with Crippen molar-refractivity contribution in [1.29, 1.82) is 0 Å². The molecule has 2 aliphatic rings. The van der Waals surface area contributed by atoms with Crippen molar-refractivity contribution >= 4 is 5.69 Å². The molecular formula is C20H23N. The molecule has 1 nitrogen and oxygen atoms in total. The van der Waals surface area contributed by atoms with Gasteiger partial charge >= 0.3 is 0 Å². The minimum absolute atomic E-state index is 0.602. The molecule has 0 amide bonds. The first-order valence-electron chi connectivity index (χ1n) is 8.29. The zero-order chi connectivity index (χ0) is 14.2. The van der Waals surface area contributed by atoms with Crippen molar-refractivity contribution in [2.45, 2.75) is 51.0 Å². The van der Waals surface area contributed by atoms with Gasteiger partial charge in [0.15, 0.2) is 0 Å². The number of rotatable bonds is 2. The molecule has 1 aliphatic carbocycles. The number of fused-ring (bicyclic) bond motifs is 1. The Kier molecular flexibility index (Phi) is 3.21. The number of hydrogen-bond acceptors (Lipinski definition) is 1. The van der Waals surface area contributed by atoms with E-state index in [4.69, 9.17) is 0 Å². The number of aryl methyl sites for hydroxylation is 1. The van der Waals surface area contributed by atoms with Gasteiger partial charge in [-0.2, -0.15) is 0 Å². The molecule has 1 aliphatic heterocycles. The van der Waals surface area contributed by atoms with Crippen LogP contribution in [0.4, 0.5) is 5.69 Å². The van der Waals surface area contributed by atoms with E-state index in [2.05, 4.69) is 54.7 Å². The number of benzene rings is 2. The van der Waals surface area contributed by atoms with E-state index >= 15 is 0 Å². The SMILES string of the molecule is CC1CCc2cc(-c3ccc(C4CCC4)cc3)ccc2N1. The highest BCUT2D eigenvalue weighted by Crippen LogP contribution is 2.37. The van der Waals surface area contributed by atoms with Gasteiger partial charge in [0.25, 0.3) is 0 Å². The lowest BCUT2D eigenvalue weighted by Gasteiger charge is -2.26. The van der Waals surface area contributed by atoms with Crippen LogP contribution in [0, 0.1) is 0 Å². The Balaban J connectivity index is 1.61. The molecule has 2 aromatic rings. The molecule has 4 rings (SSSR count). The van der Waals surface area contributed by atoms with E-state index in [9.17, 15) is 0 Å². The van der Waals surface area contributed by atoms with Crippen LogP contribution in [0.3, 0.4) is 0 Å². The summed E-state index contributed by atoms with van der Waals surface area (Å²) in [5.74, 6) is 0.827. The van der Waals surface area contributed by atoms with Crippen LogP contribution >= 0.6 is 0 Å². The average molecular weight is 277 g/mol. The summed E-state index contributed by atoms with van der Waals surface area (Å²) in [4.78, 5) is 0. The van der Waals surface area contributed by atoms with Crippen LogP contribution in [0.1, 0.15) is 49.7 Å². The monoisotopic (exact) mass is 277 g/mol. The average Bonchev–Trinajstić information content (AvgIpc) is 2.46. The Morgan fingerprint density at radius 3 is 2.38 bits per heavy atom. The molecule has 0 saturated heterocycles. The quantitative estimate of drug-likeness (QED) is 0.778. The highest BCUT2D eigenvalue weighted by Gasteiger charge is 2.19. The summed E-state index contributed by atoms with van der Waals surface area (Å²) in [5, 5.41) is 3.58. The Labute approximate surface area is 127 Å². The fourth-order valence-corrected chi connectivity index (χ4v) is 3.52. The van der Waals surface area contributed by atoms with E-state index < -0.39 is 0 Å². The van der Waals surface area contributed by atoms with Crippen LogP contribution in [0.25, 0.3) is 11.1 Å². The normalized spacial score (nSPS) is 21.3. The number of nitrogens with one attached hydrogen (secondary N) is 1. The maximum atomic E-state index is 3.58. The molecule has 0 spiro atoms. The van der Waals surface area contributed by atoms with Gasteiger partial charge in [-0.3, -0.25) is 0 Å². The van der Waals surface area contributed by atoms with E-state index in [-0.39, 0.29) is 0 Å². The van der Waals surface area contributed by atoms with E-state index in [0.29, 0.717) is 6.04 Å². The van der Waals surface area contributed by atoms with Gasteiger partial charge in [0, 0.05) is 11.7 Å². The van der Waals surface area contributed by atoms with E-state index in [0.717, 1.165) is 5.92 Å². The van der Waals surface area contributed by atoms with Gasteiger partial charge in [0.05, 0.1) is 0 Å². The fourth-order valence-electron chi connectivity index (χ4n) is 3.52. The number of anilines is 1. The molecule has 2 aromatic carbocycles. The maximum absolute atomic E-state index is 3.58. The third-order valence-electron chi connectivity index (χ3n) is 5.17. The van der Waals surface area contributed by atoms with Gasteiger partial charge in [-0.1, -0.05) is 36.8 Å². The molecule has 1 saturated carbocycles. The number of hydrogen-bond donors (Lipinski definition) is 1. The van der Waals surface area contributed by atoms with E-state index in [1.165, 1.54) is 60.0 Å². The Hall–Kier alpha value is -1.76. The van der Waals surface area contributed by atoms with Crippen molar-refractivity contribution in [3.8, 4) is 11.1 Å². The van der Waals surface area contributed by atoms with Gasteiger partial charge in [-0.25, -0.2) is 0 Å². The largest absolute Gasteiger partial charge is 0.382 e. The highest BCUT2D eigenvalue weighted by molar-refractivity contribution is 5.69. The summed E-state index contributed by atoms with van der Waals surface area (Å²) in [6.07, 6.45) is 6.58. The van der Waals surface area contributed by atoms with Crippen molar-refractivity contribution in [3.05, 3.63) is 53.6 Å². The van der Waals surface area contributed by atoms with E-state index in [1.807, 2.05) is 0 Å². The topological polar surface area (TPSA) is 12.0 Å². The lowest BCUT2D eigenvalue weighted by Crippen LogP contribution is -2.21. The first-order chi connectivity index (χ1) is 10.3. The molecule has 0 radical (unpaired) electrons. The first-order valence-corrected chi connectivity index (χ1v) is 8.29. The summed E-state index contributed by atoms with van der Waals surface area (Å²) in [6, 6.07) is 16.7. The molecule has 108 valence electrons. The zero-order valence-electron chi connectivity index (χ0n) is 12.7. The van der Waals surface area contributed by atoms with Gasteiger partial charge in [-0.05, 0) is 72.9 Å². The minimum Gasteiger partial charge on any atom is -0.382 e. The smallest absolute Gasteiger partial charge is 0.0375 e. The summed E-state index contributed by atoms with van der Waals surface area (Å²) in [5.41, 5.74) is 7.01. The molecule has 1 N–H and O–H groups in total. The summed E-state index contributed by atoms with van der Waals surface area (Å²) in [6.45, 7) is 2.26. The van der Waals surface area contributed by atoms with Crippen molar-refractivity contribution in [1.82, 2.24) is 0 Å². The Bertz CT molecular complexity index is 637. The van der Waals surface area contributed by atoms with Crippen molar-refractivity contribution < 1.29 is 0 Å². The van der Waals surface area contributed by atoms with Crippen molar-refractivity contribution in [2.75, 3.05) is 5.32 Å². The van der Waals surface area contributed by atoms with Gasteiger partial charge in [0.1, 0.15) is 0 Å². The third kappa shape index (κ3) is 2.46. The minimum atomic E-state index is 0.602. The van der Waals surface area contributed by atoms with E-state index in [1.54, 1.807) is 0 Å². The lowest BCUT2D eigenvalue weighted by molar-refractivity contribution is 0.420. The summed E-state index contributed by atoms with van der Waals surface area (Å²) in [7, 11) is 0. The van der Waals surface area contributed by atoms with Gasteiger partial charge in [0.2, 0.25) is 0 Å². The Morgan fingerprint density at radius 2 is 1.67 bits per heavy atom. The Morgan fingerprint density at radius 1 is 0.905 bits per heavy atom. The molecule has 1 atom stereocenters. The molecule has 1 unspecified atom stereocenters. The second-order valence-electron chi connectivity index (χ2n) is 6.71. The lowest BCUT2D eigenvalue weighted by atomic mass is 9.80. The van der Waals surface area contributed by atoms with Gasteiger partial charge in [-0.15, -0.1) is 0 Å². The maximum Gasteiger partial charge on any atom is 0.0375 e. The zero-order valence-corrected chi connectivity index (χ0v) is 12.7. The van der Waals surface area contributed by atoms with Crippen LogP contribution in [-0.2, 0) is 6.42 Å². The van der Waals surface area contributed by atoms with Gasteiger partial charge < -0.3 is 5.32 Å². The highest BCUT2D eigenvalue weighted by atomic mass is 14.9. The first kappa shape index (κ1) is 12.9. The van der Waals surface area contributed by atoms with Crippen LogP contribution in [-0.4, -0.2) is 6.04 Å². The molecule has 1 heterocycles. The standard InChI is InChI=1S/C20H23N/c1-14-5-6-19-13-18(11-12-20(19)21-14)17-9-7-16(8-10-17)15-3-2-4-15/h7-15,21H,2-6H2,1H3. The van der Waals surface area contributed by atoms with Crippen LogP contribution in [0.15, 0.2) is 42.5 Å². The summed E-state index contributed by atoms with van der Waals surface area (Å²) < 4.78 is 0. The molecule has 0 aromatic heterocycles. The second kappa shape index (κ2) is 5.22. The third-order valence-corrected chi connectivity index (χ3v) is 5.17. The molecule has 0 bridgehead atoms. The molecule has 21 heavy (non-hydrogen) atoms. The van der Waals surface area contributed by atoms with Crippen molar-refractivity contribution in [2.24, 2.45) is 0 Å². The predicted octanol–water partition coefficient (Wildman–Crippen LogP) is 5.37. The fraction of sp³-hybridized carbons (Fsp3) is 0.400. The van der Waals surface area contributed by atoms with Crippen LogP contribution in [0.5, 0.6) is 0 Å². The predicted molar refractivity (Wildman–Crippen MR) is 89.9 cm³/mol. The van der Waals surface area contributed by atoms with Crippen molar-refractivity contribution in [3.63, 3.8) is 0 Å². The molecule has 1 heteroatoms. The molecular weight excluding hydrogens is 254 g/mol.